The average molecular weight is 951 g/mol. The molecule has 0 aromatic rings. The van der Waals surface area contributed by atoms with Crippen LogP contribution in [0, 0.1) is 0 Å². The minimum absolute atomic E-state index is 0.115. The summed E-state index contributed by atoms with van der Waals surface area (Å²) >= 11 is 0. The summed E-state index contributed by atoms with van der Waals surface area (Å²) in [6.07, 6.45) is 80.0. The minimum atomic E-state index is -0.836. The number of carbonyl (C=O) groups excluding carboxylic acids is 3. The first-order valence-corrected chi connectivity index (χ1v) is 27.3. The fourth-order valence-corrected chi connectivity index (χ4v) is 6.87. The van der Waals surface area contributed by atoms with Crippen LogP contribution in [0.5, 0.6) is 0 Å². The molecule has 0 saturated carbocycles. The minimum Gasteiger partial charge on any atom is -0.462 e. The average Bonchev–Trinajstić information content (AvgIpc) is 3.35. The molecule has 1 atom stereocenters. The Balaban J connectivity index is 4.56. The van der Waals surface area contributed by atoms with Crippen LogP contribution in [-0.4, -0.2) is 37.2 Å². The molecule has 0 aliphatic heterocycles. The number of rotatable bonds is 47. The van der Waals surface area contributed by atoms with E-state index in [1.807, 2.05) is 6.08 Å². The van der Waals surface area contributed by atoms with Gasteiger partial charge in [0.2, 0.25) is 0 Å². The molecule has 0 aliphatic carbocycles. The molecular formula is C63H98O6. The third-order valence-electron chi connectivity index (χ3n) is 10.9. The summed E-state index contributed by atoms with van der Waals surface area (Å²) in [5.74, 6) is -1.09. The van der Waals surface area contributed by atoms with Gasteiger partial charge >= 0.3 is 17.9 Å². The molecule has 386 valence electrons. The molecule has 6 heteroatoms. The molecule has 69 heavy (non-hydrogen) atoms. The largest absolute Gasteiger partial charge is 0.462 e. The highest BCUT2D eigenvalue weighted by molar-refractivity contribution is 5.72. The fraction of sp³-hybridized carbons (Fsp3) is 0.571. The second-order valence-corrected chi connectivity index (χ2v) is 17.4. The summed E-state index contributed by atoms with van der Waals surface area (Å²) in [5.41, 5.74) is 0. The lowest BCUT2D eigenvalue weighted by Gasteiger charge is -2.18. The molecule has 0 radical (unpaired) electrons. The molecule has 0 bridgehead atoms. The van der Waals surface area contributed by atoms with E-state index in [2.05, 4.69) is 154 Å². The maximum Gasteiger partial charge on any atom is 0.309 e. The van der Waals surface area contributed by atoms with Gasteiger partial charge in [-0.15, -0.1) is 0 Å². The Morgan fingerprint density at radius 1 is 0.304 bits per heavy atom. The highest BCUT2D eigenvalue weighted by atomic mass is 16.6. The first-order valence-electron chi connectivity index (χ1n) is 27.3. The standard InChI is InChI=1S/C63H98O6/c1-4-7-10-13-16-19-22-25-28-30-31-33-35-38-41-44-47-50-53-56-62(65)68-59-60(58-67-61(64)55-52-49-46-43-40-37-34-27-24-21-18-15-12-9-6-3)69-63(66)57-54-51-48-45-42-39-36-32-29-26-23-20-17-14-11-8-5-2/h7-12,16-21,25-29,31,33-34,40,43,49,52,60H,4-6,13-15,22-24,30,32,35-39,41-42,44-48,50-51,53-59H2,1-3H3/b10-7-,11-8-,12-9-,19-16-,20-17-,21-18-,28-25-,29-26-,33-31-,34-27-,43-40-,52-49-. The van der Waals surface area contributed by atoms with Crippen LogP contribution in [0.15, 0.2) is 146 Å². The van der Waals surface area contributed by atoms with Crippen molar-refractivity contribution < 1.29 is 28.6 Å². The monoisotopic (exact) mass is 951 g/mol. The van der Waals surface area contributed by atoms with E-state index in [4.69, 9.17) is 14.2 Å². The number of ether oxygens (including phenoxy) is 3. The molecule has 0 fully saturated rings. The van der Waals surface area contributed by atoms with E-state index >= 15 is 0 Å². The van der Waals surface area contributed by atoms with E-state index in [-0.39, 0.29) is 38.0 Å². The summed E-state index contributed by atoms with van der Waals surface area (Å²) < 4.78 is 16.7. The van der Waals surface area contributed by atoms with E-state index in [1.165, 1.54) is 32.1 Å². The van der Waals surface area contributed by atoms with Crippen LogP contribution < -0.4 is 0 Å². The zero-order valence-electron chi connectivity index (χ0n) is 44.0. The smallest absolute Gasteiger partial charge is 0.309 e. The van der Waals surface area contributed by atoms with Gasteiger partial charge in [-0.05, 0) is 116 Å². The molecule has 0 spiro atoms. The first-order chi connectivity index (χ1) is 34.0. The SMILES string of the molecule is CC/C=C\C/C=C\C/C=C\C/C=C\C/C=C\CC(=O)OCC(COC(=O)CCCCCCCC/C=C\C/C=C\C/C=C\C/C=C\CC)OC(=O)CCCCCCCCC/C=C\C/C=C\C/C=C\CC. The van der Waals surface area contributed by atoms with Crippen molar-refractivity contribution in [2.45, 2.75) is 219 Å². The van der Waals surface area contributed by atoms with Gasteiger partial charge in [-0.25, -0.2) is 0 Å². The number of hydrogen-bond acceptors (Lipinski definition) is 6. The Morgan fingerprint density at radius 2 is 0.580 bits per heavy atom. The topological polar surface area (TPSA) is 78.9 Å². The molecular weight excluding hydrogens is 853 g/mol. The molecule has 0 heterocycles. The van der Waals surface area contributed by atoms with Crippen molar-refractivity contribution in [1.29, 1.82) is 0 Å². The van der Waals surface area contributed by atoms with Crippen LogP contribution in [0.3, 0.4) is 0 Å². The van der Waals surface area contributed by atoms with Gasteiger partial charge in [-0.1, -0.05) is 224 Å². The van der Waals surface area contributed by atoms with Gasteiger partial charge < -0.3 is 14.2 Å². The van der Waals surface area contributed by atoms with Crippen molar-refractivity contribution in [3.8, 4) is 0 Å². The maximum absolute atomic E-state index is 12.8. The number of esters is 3. The number of carbonyl (C=O) groups is 3. The van der Waals surface area contributed by atoms with Gasteiger partial charge in [0.05, 0.1) is 6.42 Å². The normalized spacial score (nSPS) is 13.3. The van der Waals surface area contributed by atoms with Crippen LogP contribution >= 0.6 is 0 Å². The quantitative estimate of drug-likeness (QED) is 0.0262. The summed E-state index contributed by atoms with van der Waals surface area (Å²) in [6.45, 7) is 6.18. The number of hydrogen-bond donors (Lipinski definition) is 0. The van der Waals surface area contributed by atoms with Crippen LogP contribution in [0.2, 0.25) is 0 Å². The van der Waals surface area contributed by atoms with Crippen LogP contribution in [0.4, 0.5) is 0 Å². The van der Waals surface area contributed by atoms with Crippen molar-refractivity contribution in [2.75, 3.05) is 13.2 Å². The predicted molar refractivity (Wildman–Crippen MR) is 297 cm³/mol. The van der Waals surface area contributed by atoms with Crippen LogP contribution in [-0.2, 0) is 28.6 Å². The van der Waals surface area contributed by atoms with Gasteiger partial charge in [0.25, 0.3) is 0 Å². The van der Waals surface area contributed by atoms with Crippen LogP contribution in [0.1, 0.15) is 213 Å². The zero-order chi connectivity index (χ0) is 50.0. The van der Waals surface area contributed by atoms with Gasteiger partial charge in [0.15, 0.2) is 6.10 Å². The zero-order valence-corrected chi connectivity index (χ0v) is 44.0. The Morgan fingerprint density at radius 3 is 0.942 bits per heavy atom. The Kier molecular flexibility index (Phi) is 52.1. The third-order valence-corrected chi connectivity index (χ3v) is 10.9. The van der Waals surface area contributed by atoms with E-state index in [9.17, 15) is 14.4 Å². The second kappa shape index (κ2) is 55.9. The van der Waals surface area contributed by atoms with Crippen molar-refractivity contribution in [3.05, 3.63) is 146 Å². The molecule has 0 aliphatic rings. The molecule has 0 rings (SSSR count). The highest BCUT2D eigenvalue weighted by Gasteiger charge is 2.19. The van der Waals surface area contributed by atoms with E-state index in [0.29, 0.717) is 6.42 Å². The lowest BCUT2D eigenvalue weighted by Crippen LogP contribution is -2.30. The molecule has 0 N–H and O–H groups in total. The predicted octanol–water partition coefficient (Wildman–Crippen LogP) is 18.4. The molecule has 0 aromatic carbocycles. The maximum atomic E-state index is 12.8. The third kappa shape index (κ3) is 54.1. The molecule has 1 unspecified atom stereocenters. The van der Waals surface area contributed by atoms with E-state index in [0.717, 1.165) is 141 Å². The van der Waals surface area contributed by atoms with Gasteiger partial charge in [0, 0.05) is 12.8 Å². The van der Waals surface area contributed by atoms with Crippen molar-refractivity contribution in [3.63, 3.8) is 0 Å². The molecule has 0 amide bonds. The Labute approximate surface area is 423 Å². The number of unbranched alkanes of at least 4 members (excludes halogenated alkanes) is 13. The molecule has 6 nitrogen and oxygen atoms in total. The lowest BCUT2D eigenvalue weighted by molar-refractivity contribution is -0.166. The lowest BCUT2D eigenvalue weighted by atomic mass is 10.1. The van der Waals surface area contributed by atoms with Gasteiger partial charge in [0.1, 0.15) is 13.2 Å². The molecule has 0 aromatic heterocycles. The van der Waals surface area contributed by atoms with Crippen LogP contribution in [0.25, 0.3) is 0 Å². The highest BCUT2D eigenvalue weighted by Crippen LogP contribution is 2.13. The summed E-state index contributed by atoms with van der Waals surface area (Å²) in [5, 5.41) is 0. The molecule has 0 saturated heterocycles. The first kappa shape index (κ1) is 64.3. The summed E-state index contributed by atoms with van der Waals surface area (Å²) in [7, 11) is 0. The van der Waals surface area contributed by atoms with E-state index in [1.54, 1.807) is 6.08 Å². The second-order valence-electron chi connectivity index (χ2n) is 17.4. The Hall–Kier alpha value is -4.71. The van der Waals surface area contributed by atoms with Crippen molar-refractivity contribution in [1.82, 2.24) is 0 Å². The summed E-state index contributed by atoms with van der Waals surface area (Å²) in [6, 6.07) is 0. The number of allylic oxidation sites excluding steroid dienone is 23. The fourth-order valence-electron chi connectivity index (χ4n) is 6.87. The Bertz CT molecular complexity index is 1560. The van der Waals surface area contributed by atoms with Gasteiger partial charge in [-0.3, -0.25) is 14.4 Å². The van der Waals surface area contributed by atoms with E-state index < -0.39 is 12.1 Å². The summed E-state index contributed by atoms with van der Waals surface area (Å²) in [4.78, 5) is 38.1. The van der Waals surface area contributed by atoms with Crippen molar-refractivity contribution >= 4 is 17.9 Å². The van der Waals surface area contributed by atoms with Crippen molar-refractivity contribution in [2.24, 2.45) is 0 Å². The van der Waals surface area contributed by atoms with Gasteiger partial charge in [-0.2, -0.15) is 0 Å².